The molecular formula is C18H27F4IN4. The maximum Gasteiger partial charge on any atom is 0.251 e. The summed E-state index contributed by atoms with van der Waals surface area (Å²) in [6.07, 6.45) is -0.486. The second-order valence-corrected chi connectivity index (χ2v) is 6.33. The number of hydrogen-bond donors (Lipinski definition) is 2. The Morgan fingerprint density at radius 1 is 1.26 bits per heavy atom. The van der Waals surface area contributed by atoms with E-state index in [9.17, 15) is 17.6 Å². The minimum atomic E-state index is -2.30. The van der Waals surface area contributed by atoms with E-state index in [1.54, 1.807) is 11.0 Å². The summed E-state index contributed by atoms with van der Waals surface area (Å²) in [5.41, 5.74) is 0.296. The van der Waals surface area contributed by atoms with Crippen LogP contribution in [-0.4, -0.2) is 56.1 Å². The molecule has 1 fully saturated rings. The number of piperidine rings is 1. The molecule has 1 aliphatic heterocycles. The van der Waals surface area contributed by atoms with E-state index in [1.807, 2.05) is 6.92 Å². The van der Waals surface area contributed by atoms with Gasteiger partial charge in [-0.25, -0.2) is 17.6 Å². The normalized spacial score (nSPS) is 16.3. The lowest BCUT2D eigenvalue weighted by molar-refractivity contribution is 0.0744. The van der Waals surface area contributed by atoms with Crippen LogP contribution >= 0.6 is 24.0 Å². The van der Waals surface area contributed by atoms with E-state index in [1.165, 1.54) is 6.07 Å². The number of guanidine groups is 1. The Bertz CT molecular complexity index is 593. The first-order valence-electron chi connectivity index (χ1n) is 8.97. The van der Waals surface area contributed by atoms with Crippen molar-refractivity contribution in [2.75, 3.05) is 32.7 Å². The monoisotopic (exact) mass is 502 g/mol. The average molecular weight is 502 g/mol. The molecule has 4 nitrogen and oxygen atoms in total. The van der Waals surface area contributed by atoms with Crippen molar-refractivity contribution in [3.8, 4) is 0 Å². The maximum absolute atomic E-state index is 13.7. The van der Waals surface area contributed by atoms with Crippen molar-refractivity contribution in [3.63, 3.8) is 0 Å². The second kappa shape index (κ2) is 12.4. The molecule has 154 valence electrons. The van der Waals surface area contributed by atoms with Gasteiger partial charge in [0.25, 0.3) is 6.43 Å². The Morgan fingerprint density at radius 3 is 2.59 bits per heavy atom. The fourth-order valence-electron chi connectivity index (χ4n) is 3.00. The number of nitrogens with one attached hydrogen (secondary N) is 2. The van der Waals surface area contributed by atoms with Gasteiger partial charge in [0.1, 0.15) is 0 Å². The van der Waals surface area contributed by atoms with Crippen LogP contribution in [0.25, 0.3) is 0 Å². The Labute approximate surface area is 174 Å². The van der Waals surface area contributed by atoms with Gasteiger partial charge in [0, 0.05) is 32.2 Å². The van der Waals surface area contributed by atoms with Crippen LogP contribution in [0.3, 0.4) is 0 Å². The van der Waals surface area contributed by atoms with Crippen LogP contribution in [-0.2, 0) is 6.42 Å². The molecule has 2 N–H and O–H groups in total. The third-order valence-corrected chi connectivity index (χ3v) is 4.35. The average Bonchev–Trinajstić information content (AvgIpc) is 2.60. The van der Waals surface area contributed by atoms with Gasteiger partial charge in [-0.05, 0) is 37.8 Å². The summed E-state index contributed by atoms with van der Waals surface area (Å²) in [4.78, 5) is 6.18. The Kier molecular flexibility index (Phi) is 11.0. The number of hydrogen-bond acceptors (Lipinski definition) is 2. The number of benzene rings is 1. The molecule has 0 radical (unpaired) electrons. The molecule has 9 heteroatoms. The van der Waals surface area contributed by atoms with E-state index in [-0.39, 0.29) is 36.6 Å². The molecule has 1 aliphatic rings. The van der Waals surface area contributed by atoms with E-state index in [0.29, 0.717) is 44.1 Å². The summed E-state index contributed by atoms with van der Waals surface area (Å²) in [6.45, 7) is 3.99. The zero-order valence-corrected chi connectivity index (χ0v) is 17.7. The number of nitrogens with zero attached hydrogens (tertiary/aromatic N) is 2. The Hall–Kier alpha value is -1.10. The number of alkyl halides is 2. The van der Waals surface area contributed by atoms with Crippen molar-refractivity contribution in [3.05, 3.63) is 35.4 Å². The molecular weight excluding hydrogens is 475 g/mol. The Balaban J connectivity index is 0.00000364. The first-order valence-corrected chi connectivity index (χ1v) is 8.97. The van der Waals surface area contributed by atoms with Crippen LogP contribution < -0.4 is 10.6 Å². The van der Waals surface area contributed by atoms with E-state index >= 15 is 0 Å². The summed E-state index contributed by atoms with van der Waals surface area (Å²) in [5, 5.41) is 6.42. The summed E-state index contributed by atoms with van der Waals surface area (Å²) < 4.78 is 51.7. The van der Waals surface area contributed by atoms with Gasteiger partial charge < -0.3 is 10.6 Å². The zero-order valence-electron chi connectivity index (χ0n) is 15.4. The van der Waals surface area contributed by atoms with Crippen LogP contribution in [0.5, 0.6) is 0 Å². The van der Waals surface area contributed by atoms with Gasteiger partial charge in [-0.1, -0.05) is 12.1 Å². The fraction of sp³-hybridized carbons (Fsp3) is 0.611. The summed E-state index contributed by atoms with van der Waals surface area (Å²) >= 11 is 0. The lowest BCUT2D eigenvalue weighted by atomic mass is 10.1. The van der Waals surface area contributed by atoms with Crippen LogP contribution in [0, 0.1) is 11.6 Å². The fourth-order valence-corrected chi connectivity index (χ4v) is 3.00. The third-order valence-electron chi connectivity index (χ3n) is 4.35. The zero-order chi connectivity index (χ0) is 18.9. The summed E-state index contributed by atoms with van der Waals surface area (Å²) in [5.74, 6) is -1.07. The van der Waals surface area contributed by atoms with Crippen molar-refractivity contribution in [1.82, 2.24) is 15.5 Å². The molecule has 1 heterocycles. The molecule has 2 rings (SSSR count). The predicted octanol–water partition coefficient (Wildman–Crippen LogP) is 3.41. The van der Waals surface area contributed by atoms with Gasteiger partial charge in [-0.15, -0.1) is 24.0 Å². The maximum atomic E-state index is 13.7. The third kappa shape index (κ3) is 8.20. The van der Waals surface area contributed by atoms with Gasteiger partial charge in [0.2, 0.25) is 0 Å². The first-order chi connectivity index (χ1) is 12.5. The quantitative estimate of drug-likeness (QED) is 0.260. The molecule has 0 aromatic heterocycles. The minimum Gasteiger partial charge on any atom is -0.357 e. The van der Waals surface area contributed by atoms with Gasteiger partial charge in [-0.3, -0.25) is 9.89 Å². The van der Waals surface area contributed by atoms with Crippen LogP contribution in [0.15, 0.2) is 23.2 Å². The Morgan fingerprint density at radius 2 is 1.96 bits per heavy atom. The van der Waals surface area contributed by atoms with Crippen molar-refractivity contribution >= 4 is 29.9 Å². The predicted molar refractivity (Wildman–Crippen MR) is 110 cm³/mol. The van der Waals surface area contributed by atoms with E-state index in [2.05, 4.69) is 15.6 Å². The number of rotatable bonds is 7. The van der Waals surface area contributed by atoms with Crippen LogP contribution in [0.2, 0.25) is 0 Å². The lowest BCUT2D eigenvalue weighted by Gasteiger charge is -2.32. The summed E-state index contributed by atoms with van der Waals surface area (Å²) in [6, 6.07) is 4.28. The molecule has 0 bridgehead atoms. The molecule has 0 unspecified atom stereocenters. The van der Waals surface area contributed by atoms with Crippen molar-refractivity contribution < 1.29 is 17.6 Å². The van der Waals surface area contributed by atoms with Crippen molar-refractivity contribution in [2.24, 2.45) is 4.99 Å². The van der Waals surface area contributed by atoms with Gasteiger partial charge in [-0.2, -0.15) is 0 Å². The molecule has 0 amide bonds. The second-order valence-electron chi connectivity index (χ2n) is 6.33. The smallest absolute Gasteiger partial charge is 0.251 e. The molecule has 1 aromatic carbocycles. The highest BCUT2D eigenvalue weighted by atomic mass is 127. The first kappa shape index (κ1) is 23.9. The molecule has 27 heavy (non-hydrogen) atoms. The SMILES string of the molecule is CCNC(=NCCc1cccc(F)c1F)NC1CCN(CC(F)F)CC1.I. The standard InChI is InChI=1S/C18H26F4N4.HI/c1-2-23-18(24-9-6-13-4-3-5-15(19)17(13)22)25-14-7-10-26(11-8-14)12-16(20)21;/h3-5,14,16H,2,6-12H2,1H3,(H2,23,24,25);1H. The molecule has 0 atom stereocenters. The highest BCUT2D eigenvalue weighted by Gasteiger charge is 2.21. The van der Waals surface area contributed by atoms with E-state index in [4.69, 9.17) is 0 Å². The van der Waals surface area contributed by atoms with Gasteiger partial charge in [0.15, 0.2) is 17.6 Å². The van der Waals surface area contributed by atoms with Gasteiger partial charge >= 0.3 is 0 Å². The van der Waals surface area contributed by atoms with Crippen molar-refractivity contribution in [2.45, 2.75) is 38.7 Å². The number of halogens is 5. The van der Waals surface area contributed by atoms with Gasteiger partial charge in [0.05, 0.1) is 6.54 Å². The highest BCUT2D eigenvalue weighted by Crippen LogP contribution is 2.13. The molecule has 0 saturated carbocycles. The van der Waals surface area contributed by atoms with E-state index in [0.717, 1.165) is 18.9 Å². The molecule has 0 aliphatic carbocycles. The minimum absolute atomic E-state index is 0. The van der Waals surface area contributed by atoms with Crippen molar-refractivity contribution in [1.29, 1.82) is 0 Å². The number of likely N-dealkylation sites (tertiary alicyclic amines) is 1. The van der Waals surface area contributed by atoms with E-state index < -0.39 is 18.1 Å². The van der Waals surface area contributed by atoms with Crippen LogP contribution in [0.1, 0.15) is 25.3 Å². The molecule has 1 saturated heterocycles. The summed E-state index contributed by atoms with van der Waals surface area (Å²) in [7, 11) is 0. The molecule has 1 aromatic rings. The molecule has 0 spiro atoms. The number of aliphatic imine (C=N–C) groups is 1. The topological polar surface area (TPSA) is 39.7 Å². The lowest BCUT2D eigenvalue weighted by Crippen LogP contribution is -2.49. The van der Waals surface area contributed by atoms with Crippen LogP contribution in [0.4, 0.5) is 17.6 Å². The highest BCUT2D eigenvalue weighted by molar-refractivity contribution is 14.0. The largest absolute Gasteiger partial charge is 0.357 e.